The predicted molar refractivity (Wildman–Crippen MR) is 111 cm³/mol. The summed E-state index contributed by atoms with van der Waals surface area (Å²) < 4.78 is 0. The molecule has 2 rings (SSSR count). The first-order valence-electron chi connectivity index (χ1n) is 9.09. The van der Waals surface area contributed by atoms with Crippen molar-refractivity contribution in [2.75, 3.05) is 17.2 Å². The number of carbonyl (C=O) groups is 2. The molecule has 0 aliphatic heterocycles. The maximum Gasteiger partial charge on any atom is 0.251 e. The van der Waals surface area contributed by atoms with Gasteiger partial charge in [0.2, 0.25) is 5.91 Å². The number of carbonyl (C=O) groups excluding carboxylic acids is 2. The summed E-state index contributed by atoms with van der Waals surface area (Å²) in [4.78, 5) is 24.6. The maximum absolute atomic E-state index is 12.3. The van der Waals surface area contributed by atoms with Gasteiger partial charge < -0.3 is 16.0 Å². The molecule has 0 aliphatic rings. The molecule has 0 unspecified atom stereocenters. The number of aryl methyl sites for hydroxylation is 3. The van der Waals surface area contributed by atoms with Gasteiger partial charge in [-0.1, -0.05) is 23.8 Å². The molecule has 5 heteroatoms. The number of hydrogen-bond donors (Lipinski definition) is 3. The smallest absolute Gasteiger partial charge is 0.251 e. The van der Waals surface area contributed by atoms with Crippen molar-refractivity contribution in [3.63, 3.8) is 0 Å². The van der Waals surface area contributed by atoms with Crippen molar-refractivity contribution >= 4 is 23.2 Å². The summed E-state index contributed by atoms with van der Waals surface area (Å²) in [5, 5.41) is 8.98. The van der Waals surface area contributed by atoms with E-state index in [1.165, 1.54) is 5.56 Å². The molecule has 0 fully saturated rings. The standard InChI is InChI=1S/C22H29N3O2/c1-14-10-15(2)20(16(3)11-14)24-19(26)13-23-18-9-7-8-17(12-18)21(27)25-22(4,5)6/h7-12,23H,13H2,1-6H3,(H,24,26)(H,25,27). The van der Waals surface area contributed by atoms with Gasteiger partial charge in [0.15, 0.2) is 0 Å². The van der Waals surface area contributed by atoms with E-state index in [1.54, 1.807) is 18.2 Å². The second-order valence-corrected chi connectivity index (χ2v) is 7.96. The van der Waals surface area contributed by atoms with Gasteiger partial charge in [0, 0.05) is 22.5 Å². The Morgan fingerprint density at radius 1 is 0.963 bits per heavy atom. The van der Waals surface area contributed by atoms with Crippen LogP contribution in [0.25, 0.3) is 0 Å². The highest BCUT2D eigenvalue weighted by atomic mass is 16.2. The molecule has 0 bridgehead atoms. The molecule has 2 aromatic carbocycles. The summed E-state index contributed by atoms with van der Waals surface area (Å²) in [5.41, 5.74) is 5.09. The Morgan fingerprint density at radius 2 is 1.59 bits per heavy atom. The molecule has 144 valence electrons. The zero-order valence-corrected chi connectivity index (χ0v) is 17.0. The quantitative estimate of drug-likeness (QED) is 0.742. The third-order valence-electron chi connectivity index (χ3n) is 4.01. The zero-order chi connectivity index (χ0) is 20.2. The lowest BCUT2D eigenvalue weighted by Crippen LogP contribution is -2.40. The molecule has 5 nitrogen and oxygen atoms in total. The lowest BCUT2D eigenvalue weighted by molar-refractivity contribution is -0.114. The van der Waals surface area contributed by atoms with E-state index in [-0.39, 0.29) is 23.9 Å². The van der Waals surface area contributed by atoms with Crippen molar-refractivity contribution in [1.82, 2.24) is 5.32 Å². The fourth-order valence-corrected chi connectivity index (χ4v) is 2.93. The van der Waals surface area contributed by atoms with Crippen molar-refractivity contribution in [3.8, 4) is 0 Å². The van der Waals surface area contributed by atoms with Gasteiger partial charge in [-0.15, -0.1) is 0 Å². The first-order chi connectivity index (χ1) is 12.5. The third-order valence-corrected chi connectivity index (χ3v) is 4.01. The van der Waals surface area contributed by atoms with Crippen LogP contribution in [0, 0.1) is 20.8 Å². The second-order valence-electron chi connectivity index (χ2n) is 7.96. The van der Waals surface area contributed by atoms with Crippen LogP contribution >= 0.6 is 0 Å². The van der Waals surface area contributed by atoms with E-state index in [0.717, 1.165) is 22.5 Å². The summed E-state index contributed by atoms with van der Waals surface area (Å²) in [6.07, 6.45) is 0. The molecular weight excluding hydrogens is 338 g/mol. The van der Waals surface area contributed by atoms with Crippen molar-refractivity contribution in [1.29, 1.82) is 0 Å². The first kappa shape index (κ1) is 20.5. The summed E-state index contributed by atoms with van der Waals surface area (Å²) in [5.74, 6) is -0.267. The SMILES string of the molecule is Cc1cc(C)c(NC(=O)CNc2cccc(C(=O)NC(C)(C)C)c2)c(C)c1. The fourth-order valence-electron chi connectivity index (χ4n) is 2.93. The Bertz CT molecular complexity index is 828. The molecular formula is C22H29N3O2. The van der Waals surface area contributed by atoms with Crippen LogP contribution in [0.1, 0.15) is 47.8 Å². The highest BCUT2D eigenvalue weighted by molar-refractivity contribution is 5.97. The lowest BCUT2D eigenvalue weighted by atomic mass is 10.1. The largest absolute Gasteiger partial charge is 0.376 e. The van der Waals surface area contributed by atoms with Gasteiger partial charge in [-0.25, -0.2) is 0 Å². The van der Waals surface area contributed by atoms with Crippen LogP contribution in [0.2, 0.25) is 0 Å². The monoisotopic (exact) mass is 367 g/mol. The minimum Gasteiger partial charge on any atom is -0.376 e. The maximum atomic E-state index is 12.3. The van der Waals surface area contributed by atoms with Crippen LogP contribution in [-0.2, 0) is 4.79 Å². The van der Waals surface area contributed by atoms with Crippen LogP contribution < -0.4 is 16.0 Å². The van der Waals surface area contributed by atoms with Gasteiger partial charge in [0.1, 0.15) is 0 Å². The molecule has 2 aromatic rings. The van der Waals surface area contributed by atoms with Crippen LogP contribution in [0.5, 0.6) is 0 Å². The number of nitrogens with one attached hydrogen (secondary N) is 3. The summed E-state index contributed by atoms with van der Waals surface area (Å²) in [6, 6.07) is 11.2. The predicted octanol–water partition coefficient (Wildman–Crippen LogP) is 4.19. The Hall–Kier alpha value is -2.82. The Kier molecular flexibility index (Phi) is 6.26. The van der Waals surface area contributed by atoms with Crippen LogP contribution in [-0.4, -0.2) is 23.9 Å². The van der Waals surface area contributed by atoms with E-state index in [4.69, 9.17) is 0 Å². The van der Waals surface area contributed by atoms with Crippen molar-refractivity contribution < 1.29 is 9.59 Å². The average Bonchev–Trinajstić information content (AvgIpc) is 2.55. The van der Waals surface area contributed by atoms with E-state index < -0.39 is 0 Å². The molecule has 2 amide bonds. The van der Waals surface area contributed by atoms with Gasteiger partial charge in [-0.05, 0) is 70.9 Å². The topological polar surface area (TPSA) is 70.2 Å². The summed E-state index contributed by atoms with van der Waals surface area (Å²) in [7, 11) is 0. The molecule has 3 N–H and O–H groups in total. The molecule has 0 aromatic heterocycles. The van der Waals surface area contributed by atoms with Crippen molar-refractivity contribution in [2.45, 2.75) is 47.1 Å². The Balaban J connectivity index is 2.00. The van der Waals surface area contributed by atoms with Gasteiger partial charge >= 0.3 is 0 Å². The number of amides is 2. The average molecular weight is 367 g/mol. The molecule has 0 spiro atoms. The van der Waals surface area contributed by atoms with Crippen LogP contribution in [0.3, 0.4) is 0 Å². The number of anilines is 2. The minimum atomic E-state index is -0.301. The second kappa shape index (κ2) is 8.25. The molecule has 0 saturated heterocycles. The molecule has 0 atom stereocenters. The lowest BCUT2D eigenvalue weighted by Gasteiger charge is -2.20. The van der Waals surface area contributed by atoms with Crippen LogP contribution in [0.15, 0.2) is 36.4 Å². The van der Waals surface area contributed by atoms with Gasteiger partial charge in [-0.2, -0.15) is 0 Å². The van der Waals surface area contributed by atoms with Gasteiger partial charge in [-0.3, -0.25) is 9.59 Å². The third kappa shape index (κ3) is 6.13. The Labute approximate surface area is 161 Å². The van der Waals surface area contributed by atoms with E-state index in [0.29, 0.717) is 5.56 Å². The molecule has 0 saturated carbocycles. The minimum absolute atomic E-state index is 0.122. The first-order valence-corrected chi connectivity index (χ1v) is 9.09. The Morgan fingerprint density at radius 3 is 2.19 bits per heavy atom. The molecule has 0 radical (unpaired) electrons. The van der Waals surface area contributed by atoms with E-state index in [1.807, 2.05) is 59.7 Å². The van der Waals surface area contributed by atoms with Gasteiger partial charge in [0.05, 0.1) is 6.54 Å². The molecule has 0 aliphatic carbocycles. The number of hydrogen-bond acceptors (Lipinski definition) is 3. The van der Waals surface area contributed by atoms with Crippen molar-refractivity contribution in [3.05, 3.63) is 58.7 Å². The molecule has 0 heterocycles. The zero-order valence-electron chi connectivity index (χ0n) is 17.0. The number of rotatable bonds is 5. The van der Waals surface area contributed by atoms with Crippen LogP contribution in [0.4, 0.5) is 11.4 Å². The summed E-state index contributed by atoms with van der Waals surface area (Å²) in [6.45, 7) is 11.9. The summed E-state index contributed by atoms with van der Waals surface area (Å²) >= 11 is 0. The molecule has 27 heavy (non-hydrogen) atoms. The normalized spacial score (nSPS) is 11.0. The van der Waals surface area contributed by atoms with E-state index in [2.05, 4.69) is 16.0 Å². The van der Waals surface area contributed by atoms with E-state index in [9.17, 15) is 9.59 Å². The highest BCUT2D eigenvalue weighted by Crippen LogP contribution is 2.21. The number of benzene rings is 2. The fraction of sp³-hybridized carbons (Fsp3) is 0.364. The van der Waals surface area contributed by atoms with Gasteiger partial charge in [0.25, 0.3) is 5.91 Å². The van der Waals surface area contributed by atoms with E-state index >= 15 is 0 Å². The van der Waals surface area contributed by atoms with Crippen molar-refractivity contribution in [2.24, 2.45) is 0 Å². The highest BCUT2D eigenvalue weighted by Gasteiger charge is 2.15.